The van der Waals surface area contributed by atoms with Crippen LogP contribution in [0.15, 0.2) is 11.6 Å². The Balaban J connectivity index is 0.000000103. The summed E-state index contributed by atoms with van der Waals surface area (Å²) in [6.45, 7) is 14.7. The Hall–Kier alpha value is 0.750. The highest BCUT2D eigenvalue weighted by Crippen LogP contribution is 2.86. The summed E-state index contributed by atoms with van der Waals surface area (Å²) < 4.78 is 12.6. The molecule has 35 atom stereocenters. The molecule has 2 spiro atoms. The highest BCUT2D eigenvalue weighted by Gasteiger charge is 2.85. The molecule has 19 fully saturated rings. The lowest BCUT2D eigenvalue weighted by molar-refractivity contribution is -0.247. The molecule has 86 heavy (non-hydrogen) atoms. The number of hydrogen-bond acceptors (Lipinski definition) is 11. The van der Waals surface area contributed by atoms with Crippen molar-refractivity contribution in [1.29, 1.82) is 0 Å². The summed E-state index contributed by atoms with van der Waals surface area (Å²) in [6.07, 6.45) is 26.7. The number of allylic oxidation sites excluding steroid dienone is 1. The summed E-state index contributed by atoms with van der Waals surface area (Å²) in [5.41, 5.74) is -0.0914. The second-order valence-electron chi connectivity index (χ2n) is 36.1. The maximum atomic E-state index is 12.2. The van der Waals surface area contributed by atoms with Crippen molar-refractivity contribution in [3.05, 3.63) is 11.6 Å². The standard InChI is InChI=1S/C24H36O4.C24H38O4.C24H30O3.I2.HI/c1-21-6-3-12(25)11-23(21,27)16-9-13(16)19-15(21)4-7-22(2)20(19)14-10-17(14)24(22)8-5-18(26)28-24;1-21-7-4-13(26)12-24(21,28)17-10-14(17)19-16(21)5-8-22(2)20(19)15-11-18(15)23(22,27)6-3-9-25;1-22-6-3-12(25)9-17(22)13-10-14(13)20-16(22)4-7-23(2)21(20)15-11-18(15)24(23)8-5-19(26)27-24;1-2;/h12-20,25-27H,3-11H2,1-2H3;13-20,25-28H,3-12H2,1-2H3;9,13-16,18,20-21H,3-8,10-11H2,1-2H3;;1H/t12-,13-,14+,15?,16+,17-,18?,19?,20?,21+,22-,23+,24-;13-,14-,15+,16?,17+,18-,19?,20?,21+,22-,23-,24+;13-,14+,15-,16?,18+,20?,21?,22-,23+,24+;;/m001../s1. The zero-order chi connectivity index (χ0) is 59.3. The van der Waals surface area contributed by atoms with Crippen molar-refractivity contribution < 1.29 is 54.8 Å². The molecule has 20 aliphatic rings. The number of carbonyl (C=O) groups is 2. The first-order valence-electron chi connectivity index (χ1n) is 35.5. The number of esters is 1. The van der Waals surface area contributed by atoms with E-state index >= 15 is 0 Å². The molecule has 11 nitrogen and oxygen atoms in total. The zero-order valence-corrected chi connectivity index (χ0v) is 59.1. The average molecular weight is 1530 g/mol. The Kier molecular flexibility index (Phi) is 14.0. The highest BCUT2D eigenvalue weighted by molar-refractivity contribution is 15.0. The van der Waals surface area contributed by atoms with E-state index in [2.05, 4.69) is 84.9 Å². The van der Waals surface area contributed by atoms with E-state index in [-0.39, 0.29) is 92.5 Å². The van der Waals surface area contributed by atoms with E-state index in [1.165, 1.54) is 63.4 Å². The number of fused-ring (bicyclic) bond motifs is 34. The Morgan fingerprint density at radius 2 is 1.00 bits per heavy atom. The third-order valence-corrected chi connectivity index (χ3v) is 34.2. The fraction of sp³-hybridized carbons (Fsp3) is 0.944. The van der Waals surface area contributed by atoms with Crippen LogP contribution in [0.4, 0.5) is 0 Å². The molecule has 0 bridgehead atoms. The molecule has 7 N–H and O–H groups in total. The highest BCUT2D eigenvalue weighted by atomic mass is 128. The van der Waals surface area contributed by atoms with E-state index in [9.17, 15) is 45.3 Å². The van der Waals surface area contributed by atoms with Gasteiger partial charge in [-0.15, -0.1) is 24.0 Å². The first-order chi connectivity index (χ1) is 40.4. The van der Waals surface area contributed by atoms with Gasteiger partial charge in [-0.25, -0.2) is 0 Å². The maximum absolute atomic E-state index is 12.2. The van der Waals surface area contributed by atoms with Crippen LogP contribution in [0.25, 0.3) is 0 Å². The second kappa shape index (κ2) is 19.5. The molecular weight excluding hydrogens is 1420 g/mol. The van der Waals surface area contributed by atoms with Gasteiger partial charge in [-0.3, -0.25) is 9.59 Å². The van der Waals surface area contributed by atoms with Crippen LogP contribution in [0.2, 0.25) is 0 Å². The molecular formula is C72H105I3O11. The first-order valence-corrected chi connectivity index (χ1v) is 41.7. The fourth-order valence-corrected chi connectivity index (χ4v) is 30.5. The van der Waals surface area contributed by atoms with E-state index in [4.69, 9.17) is 9.47 Å². The second-order valence-corrected chi connectivity index (χ2v) is 36.1. The third-order valence-electron chi connectivity index (χ3n) is 34.2. The summed E-state index contributed by atoms with van der Waals surface area (Å²) in [6, 6.07) is 0. The number of ketones is 1. The van der Waals surface area contributed by atoms with E-state index in [1.54, 1.807) is 0 Å². The van der Waals surface area contributed by atoms with E-state index in [0.717, 1.165) is 125 Å². The molecule has 480 valence electrons. The largest absolute Gasteiger partial charge is 0.458 e. The lowest BCUT2D eigenvalue weighted by atomic mass is 9.42. The first kappa shape index (κ1) is 61.6. The van der Waals surface area contributed by atoms with Crippen LogP contribution < -0.4 is 0 Å². The third kappa shape index (κ3) is 7.44. The summed E-state index contributed by atoms with van der Waals surface area (Å²) in [4.78, 5) is 24.3. The minimum Gasteiger partial charge on any atom is -0.458 e. The van der Waals surface area contributed by atoms with Crippen molar-refractivity contribution in [1.82, 2.24) is 0 Å². The van der Waals surface area contributed by atoms with Crippen LogP contribution in [0.1, 0.15) is 208 Å². The number of rotatable bonds is 3. The molecule has 18 aliphatic carbocycles. The Morgan fingerprint density at radius 3 is 1.55 bits per heavy atom. The van der Waals surface area contributed by atoms with Crippen molar-refractivity contribution in [3.63, 3.8) is 0 Å². The van der Waals surface area contributed by atoms with Crippen LogP contribution >= 0.6 is 61.2 Å². The Morgan fingerprint density at radius 1 is 0.512 bits per heavy atom. The monoisotopic (exact) mass is 1530 g/mol. The molecule has 0 aromatic heterocycles. The molecule has 2 aliphatic heterocycles. The van der Waals surface area contributed by atoms with Gasteiger partial charge < -0.3 is 45.2 Å². The lowest BCUT2D eigenvalue weighted by Crippen LogP contribution is -2.65. The number of ether oxygens (including phenoxy) is 2. The van der Waals surface area contributed by atoms with Crippen LogP contribution in [0, 0.1) is 157 Å². The van der Waals surface area contributed by atoms with Crippen LogP contribution in [-0.4, -0.2) is 101 Å². The van der Waals surface area contributed by atoms with Crippen molar-refractivity contribution in [3.8, 4) is 0 Å². The van der Waals surface area contributed by atoms with Crippen LogP contribution in [0.3, 0.4) is 0 Å². The average Bonchev–Trinajstić information content (AvgIpc) is 1.50. The summed E-state index contributed by atoms with van der Waals surface area (Å²) in [7, 11) is 0. The van der Waals surface area contributed by atoms with Gasteiger partial charge >= 0.3 is 5.97 Å². The Labute approximate surface area is 553 Å². The van der Waals surface area contributed by atoms with E-state index in [1.807, 2.05) is 0 Å². The van der Waals surface area contributed by atoms with Gasteiger partial charge in [0.2, 0.25) is 0 Å². The van der Waals surface area contributed by atoms with Crippen LogP contribution in [0.5, 0.6) is 0 Å². The number of aliphatic hydroxyl groups excluding tert-OH is 4. The van der Waals surface area contributed by atoms with Crippen molar-refractivity contribution in [2.24, 2.45) is 157 Å². The number of carbonyl (C=O) groups excluding carboxylic acids is 2. The number of halogens is 3. The van der Waals surface area contributed by atoms with Crippen molar-refractivity contribution in [2.75, 3.05) is 6.61 Å². The molecule has 17 saturated carbocycles. The number of aliphatic hydroxyl groups is 7. The van der Waals surface area contributed by atoms with Gasteiger partial charge in [0, 0.05) is 92.7 Å². The molecule has 14 heteroatoms. The SMILES string of the molecule is C[C@]12CCC(=O)C=C1[C@@H]1C[C@@H]1C1C2CC[C@@]2(C)C1[C@@H]1C[C@@H]1[C@@]21CCC(=O)O1.C[C@]12CCC3C(C1[C@@H]1C[C@@H]1[C@@]2(O)CCCO)[C@H]1C[C@H]1[C@]1(O)C[C@@H](O)CC[C@]31C.C[C@]12CCC3C(C1[C@@H]1C[C@@H]1[C@@]21CCC(O)O1)[C@H]1C[C@H]1[C@]1(O)C[C@@H](O)CC[C@]31C.I.II. The normalized spacial score (nSPS) is 64.3. The zero-order valence-electron chi connectivity index (χ0n) is 52.5. The van der Waals surface area contributed by atoms with Gasteiger partial charge in [0.25, 0.3) is 0 Å². The molecule has 2 heterocycles. The molecule has 2 saturated heterocycles. The van der Waals surface area contributed by atoms with Gasteiger partial charge in [0.05, 0.1) is 34.6 Å². The van der Waals surface area contributed by atoms with E-state index < -0.39 is 23.1 Å². The number of hydrogen-bond donors (Lipinski definition) is 7. The summed E-state index contributed by atoms with van der Waals surface area (Å²) in [5, 5.41) is 75.9. The molecule has 0 amide bonds. The Bertz CT molecular complexity index is 2870. The smallest absolute Gasteiger partial charge is 0.306 e. The molecule has 0 aromatic rings. The van der Waals surface area contributed by atoms with Gasteiger partial charge in [0.1, 0.15) is 5.60 Å². The van der Waals surface area contributed by atoms with Crippen molar-refractivity contribution >= 4 is 73.0 Å². The maximum Gasteiger partial charge on any atom is 0.306 e. The fourth-order valence-electron chi connectivity index (χ4n) is 30.5. The quantitative estimate of drug-likeness (QED) is 0.105. The van der Waals surface area contributed by atoms with Crippen molar-refractivity contribution in [2.45, 2.75) is 255 Å². The molecule has 20 rings (SSSR count). The van der Waals surface area contributed by atoms with Crippen LogP contribution in [-0.2, 0) is 19.1 Å². The molecule has 10 unspecified atom stereocenters. The van der Waals surface area contributed by atoms with Gasteiger partial charge in [-0.1, -0.05) is 47.1 Å². The summed E-state index contributed by atoms with van der Waals surface area (Å²) in [5.74, 6) is 14.0. The summed E-state index contributed by atoms with van der Waals surface area (Å²) >= 11 is 4.24. The van der Waals surface area contributed by atoms with Gasteiger partial charge in [-0.05, 0) is 281 Å². The predicted molar refractivity (Wildman–Crippen MR) is 351 cm³/mol. The topological polar surface area (TPSA) is 194 Å². The lowest BCUT2D eigenvalue weighted by Gasteiger charge is -2.65. The minimum atomic E-state index is -0.682. The minimum absolute atomic E-state index is 0. The molecule has 0 aromatic carbocycles. The van der Waals surface area contributed by atoms with Gasteiger partial charge in [0.15, 0.2) is 12.1 Å². The van der Waals surface area contributed by atoms with Gasteiger partial charge in [-0.2, -0.15) is 0 Å². The van der Waals surface area contributed by atoms with E-state index in [0.29, 0.717) is 114 Å². The predicted octanol–water partition coefficient (Wildman–Crippen LogP) is 12.5. The molecule has 0 radical (unpaired) electrons.